The molecule has 0 N–H and O–H groups in total. The van der Waals surface area contributed by atoms with Crippen molar-refractivity contribution in [3.63, 3.8) is 0 Å². The summed E-state index contributed by atoms with van der Waals surface area (Å²) in [4.78, 5) is 40.8. The molecule has 3 aromatic rings. The Kier molecular flexibility index (Phi) is 6.58. The van der Waals surface area contributed by atoms with E-state index in [4.69, 9.17) is 13.9 Å². The quantitative estimate of drug-likeness (QED) is 0.588. The second kappa shape index (κ2) is 9.72. The first-order valence-corrected chi connectivity index (χ1v) is 10.6. The van der Waals surface area contributed by atoms with E-state index in [1.165, 1.54) is 24.3 Å². The molecule has 1 aliphatic rings. The number of amides is 2. The van der Waals surface area contributed by atoms with Crippen LogP contribution in [0.3, 0.4) is 0 Å². The van der Waals surface area contributed by atoms with Crippen LogP contribution in [0.1, 0.15) is 6.92 Å². The zero-order valence-electron chi connectivity index (χ0n) is 18.1. The van der Waals surface area contributed by atoms with E-state index in [1.54, 1.807) is 41.0 Å². The summed E-state index contributed by atoms with van der Waals surface area (Å²) >= 11 is 0. The molecule has 2 amide bonds. The minimum absolute atomic E-state index is 0.112. The third-order valence-corrected chi connectivity index (χ3v) is 5.36. The molecule has 1 aliphatic heterocycles. The van der Waals surface area contributed by atoms with E-state index < -0.39 is 17.3 Å². The molecule has 33 heavy (non-hydrogen) atoms. The fourth-order valence-corrected chi connectivity index (χ4v) is 3.63. The zero-order chi connectivity index (χ0) is 23.4. The molecule has 1 saturated heterocycles. The van der Waals surface area contributed by atoms with Gasteiger partial charge in [0.15, 0.2) is 12.4 Å². The van der Waals surface area contributed by atoms with Crippen LogP contribution in [-0.4, -0.2) is 61.2 Å². The van der Waals surface area contributed by atoms with Gasteiger partial charge in [0, 0.05) is 31.7 Å². The maximum absolute atomic E-state index is 13.4. The molecule has 0 atom stereocenters. The van der Waals surface area contributed by atoms with E-state index in [9.17, 15) is 18.8 Å². The van der Waals surface area contributed by atoms with Crippen LogP contribution in [0.25, 0.3) is 22.3 Å². The average Bonchev–Trinajstić information content (AvgIpc) is 2.84. The molecule has 1 aromatic heterocycles. The van der Waals surface area contributed by atoms with E-state index in [0.29, 0.717) is 42.7 Å². The summed E-state index contributed by atoms with van der Waals surface area (Å²) in [5.74, 6) is -0.741. The molecule has 0 unspecified atom stereocenters. The minimum atomic E-state index is -0.429. The van der Waals surface area contributed by atoms with Gasteiger partial charge in [-0.25, -0.2) is 9.18 Å². The van der Waals surface area contributed by atoms with Gasteiger partial charge in [-0.2, -0.15) is 0 Å². The van der Waals surface area contributed by atoms with Gasteiger partial charge in [-0.05, 0) is 43.3 Å². The number of hydrogen-bond donors (Lipinski definition) is 0. The third kappa shape index (κ3) is 4.82. The monoisotopic (exact) mass is 454 g/mol. The Balaban J connectivity index is 1.53. The number of ether oxygens (including phenoxy) is 2. The smallest absolute Gasteiger partial charge is 0.409 e. The number of carbonyl (C=O) groups excluding carboxylic acids is 2. The number of carbonyl (C=O) groups is 2. The molecule has 4 rings (SSSR count). The maximum Gasteiger partial charge on any atom is 0.409 e. The van der Waals surface area contributed by atoms with Crippen molar-refractivity contribution >= 4 is 23.0 Å². The minimum Gasteiger partial charge on any atom is -0.476 e. The molecule has 8 nitrogen and oxygen atoms in total. The lowest BCUT2D eigenvalue weighted by Gasteiger charge is -2.33. The van der Waals surface area contributed by atoms with Gasteiger partial charge < -0.3 is 23.7 Å². The van der Waals surface area contributed by atoms with Crippen molar-refractivity contribution in [3.8, 4) is 17.1 Å². The summed E-state index contributed by atoms with van der Waals surface area (Å²) in [6.45, 7) is 3.01. The molecule has 2 aromatic carbocycles. The number of benzene rings is 2. The lowest BCUT2D eigenvalue weighted by Crippen LogP contribution is -2.51. The van der Waals surface area contributed by atoms with Crippen LogP contribution in [0.2, 0.25) is 0 Å². The van der Waals surface area contributed by atoms with E-state index >= 15 is 0 Å². The molecule has 2 heterocycles. The molecule has 172 valence electrons. The topological polar surface area (TPSA) is 89.3 Å². The second-order valence-corrected chi connectivity index (χ2v) is 7.45. The predicted molar refractivity (Wildman–Crippen MR) is 119 cm³/mol. The average molecular weight is 454 g/mol. The zero-order valence-corrected chi connectivity index (χ0v) is 18.1. The molecular weight excluding hydrogens is 431 g/mol. The Morgan fingerprint density at radius 1 is 1.00 bits per heavy atom. The molecule has 1 fully saturated rings. The van der Waals surface area contributed by atoms with E-state index in [2.05, 4.69) is 0 Å². The van der Waals surface area contributed by atoms with Gasteiger partial charge in [0.2, 0.25) is 11.2 Å². The van der Waals surface area contributed by atoms with Crippen LogP contribution in [0.15, 0.2) is 57.7 Å². The summed E-state index contributed by atoms with van der Waals surface area (Å²) in [7, 11) is 0. The summed E-state index contributed by atoms with van der Waals surface area (Å²) in [5.41, 5.74) is 0.386. The molecule has 0 spiro atoms. The summed E-state index contributed by atoms with van der Waals surface area (Å²) in [6, 6.07) is 12.2. The fraction of sp³-hybridized carbons (Fsp3) is 0.292. The van der Waals surface area contributed by atoms with Gasteiger partial charge >= 0.3 is 6.09 Å². The van der Waals surface area contributed by atoms with Crippen molar-refractivity contribution in [1.82, 2.24) is 9.80 Å². The largest absolute Gasteiger partial charge is 0.476 e. The number of fused-ring (bicyclic) bond motifs is 1. The highest BCUT2D eigenvalue weighted by atomic mass is 19.1. The molecule has 0 saturated carbocycles. The number of para-hydroxylation sites is 1. The van der Waals surface area contributed by atoms with Gasteiger partial charge in [-0.3, -0.25) is 9.59 Å². The number of nitrogens with zero attached hydrogens (tertiary/aromatic N) is 2. The normalized spacial score (nSPS) is 13.8. The predicted octanol–water partition coefficient (Wildman–Crippen LogP) is 3.28. The van der Waals surface area contributed by atoms with Crippen molar-refractivity contribution in [3.05, 3.63) is 64.6 Å². The number of halogens is 1. The molecule has 0 radical (unpaired) electrons. The van der Waals surface area contributed by atoms with Crippen LogP contribution < -0.4 is 10.2 Å². The van der Waals surface area contributed by atoms with Crippen LogP contribution >= 0.6 is 0 Å². The van der Waals surface area contributed by atoms with Crippen molar-refractivity contribution < 1.29 is 27.9 Å². The third-order valence-electron chi connectivity index (χ3n) is 5.36. The number of piperazine rings is 1. The van der Waals surface area contributed by atoms with E-state index in [0.717, 1.165) is 0 Å². The highest BCUT2D eigenvalue weighted by Gasteiger charge is 2.26. The Morgan fingerprint density at radius 3 is 2.36 bits per heavy atom. The number of hydrogen-bond acceptors (Lipinski definition) is 6. The summed E-state index contributed by atoms with van der Waals surface area (Å²) in [6.07, 6.45) is -0.404. The van der Waals surface area contributed by atoms with Crippen LogP contribution in [-0.2, 0) is 9.53 Å². The van der Waals surface area contributed by atoms with Crippen LogP contribution in [0, 0.1) is 5.82 Å². The Bertz CT molecular complexity index is 1220. The Labute approximate surface area is 189 Å². The molecule has 0 bridgehead atoms. The molecule has 0 aliphatic carbocycles. The standard InChI is InChI=1S/C24H23FN2O6/c1-2-31-24(30)27-13-11-26(12-14-27)20(28)15-32-23-21(29)18-5-3-4-6-19(18)33-22(23)16-7-9-17(25)10-8-16/h3-10H,2,11-15H2,1H3. The highest BCUT2D eigenvalue weighted by molar-refractivity contribution is 5.83. The van der Waals surface area contributed by atoms with Gasteiger partial charge in [0.25, 0.3) is 5.91 Å². The van der Waals surface area contributed by atoms with Crippen LogP contribution in [0.5, 0.6) is 5.75 Å². The van der Waals surface area contributed by atoms with Crippen molar-refractivity contribution in [2.75, 3.05) is 39.4 Å². The maximum atomic E-state index is 13.4. The molecular formula is C24H23FN2O6. The lowest BCUT2D eigenvalue weighted by atomic mass is 10.1. The van der Waals surface area contributed by atoms with Crippen molar-refractivity contribution in [1.29, 1.82) is 0 Å². The first kappa shape index (κ1) is 22.3. The van der Waals surface area contributed by atoms with Gasteiger partial charge in [0.1, 0.15) is 11.4 Å². The Hall–Kier alpha value is -3.88. The lowest BCUT2D eigenvalue weighted by molar-refractivity contribution is -0.135. The van der Waals surface area contributed by atoms with Gasteiger partial charge in [0.05, 0.1) is 12.0 Å². The summed E-state index contributed by atoms with van der Waals surface area (Å²) in [5, 5.41) is 0.314. The molecule has 9 heteroatoms. The second-order valence-electron chi connectivity index (χ2n) is 7.45. The highest BCUT2D eigenvalue weighted by Crippen LogP contribution is 2.31. The summed E-state index contributed by atoms with van der Waals surface area (Å²) < 4.78 is 30.0. The van der Waals surface area contributed by atoms with Crippen molar-refractivity contribution in [2.45, 2.75) is 6.92 Å². The van der Waals surface area contributed by atoms with Crippen molar-refractivity contribution in [2.24, 2.45) is 0 Å². The first-order chi connectivity index (χ1) is 16.0. The number of rotatable bonds is 5. The first-order valence-electron chi connectivity index (χ1n) is 10.6. The SMILES string of the molecule is CCOC(=O)N1CCN(C(=O)COc2c(-c3ccc(F)cc3)oc3ccccc3c2=O)CC1. The van der Waals surface area contributed by atoms with Crippen LogP contribution in [0.4, 0.5) is 9.18 Å². The Morgan fingerprint density at radius 2 is 1.67 bits per heavy atom. The van der Waals surface area contributed by atoms with E-state index in [1.807, 2.05) is 0 Å². The van der Waals surface area contributed by atoms with Gasteiger partial charge in [-0.1, -0.05) is 12.1 Å². The fourth-order valence-electron chi connectivity index (χ4n) is 3.63. The van der Waals surface area contributed by atoms with Gasteiger partial charge in [-0.15, -0.1) is 0 Å². The van der Waals surface area contributed by atoms with E-state index in [-0.39, 0.29) is 30.6 Å².